The zero-order valence-electron chi connectivity index (χ0n) is 7.62. The Morgan fingerprint density at radius 1 is 1.38 bits per heavy atom. The fraction of sp³-hybridized carbons (Fsp3) is 0.273. The monoisotopic (exact) mass is 192 g/mol. The summed E-state index contributed by atoms with van der Waals surface area (Å²) in [5.41, 5.74) is 2.01. The zero-order chi connectivity index (χ0) is 9.52. The summed E-state index contributed by atoms with van der Waals surface area (Å²) in [6.45, 7) is 0. The molecule has 0 atom stereocenters. The molecule has 0 heterocycles. The Kier molecular flexibility index (Phi) is 4.37. The van der Waals surface area contributed by atoms with E-state index in [0.29, 0.717) is 0 Å². The van der Waals surface area contributed by atoms with E-state index in [9.17, 15) is 4.79 Å². The number of benzene rings is 1. The lowest BCUT2D eigenvalue weighted by molar-refractivity contribution is 0.566. The lowest BCUT2D eigenvalue weighted by Crippen LogP contribution is -1.93. The van der Waals surface area contributed by atoms with Crippen LogP contribution in [0.4, 0.5) is 0 Å². The molecule has 0 unspecified atom stereocenters. The molecule has 0 fully saturated rings. The molecule has 68 valence electrons. The molecule has 0 N–H and O–H groups in total. The highest BCUT2D eigenvalue weighted by atomic mass is 32.2. The van der Waals surface area contributed by atoms with Crippen molar-refractivity contribution in [3.8, 4) is 0 Å². The van der Waals surface area contributed by atoms with Gasteiger partial charge in [0.1, 0.15) is 5.94 Å². The summed E-state index contributed by atoms with van der Waals surface area (Å²) in [6.07, 6.45) is 2.72. The Hall–Kier alpha value is -0.980. The van der Waals surface area contributed by atoms with Gasteiger partial charge in [0, 0.05) is 17.7 Å². The van der Waals surface area contributed by atoms with E-state index < -0.39 is 0 Å². The predicted octanol–water partition coefficient (Wildman–Crippen LogP) is 2.35. The molecule has 0 spiro atoms. The van der Waals surface area contributed by atoms with Crippen LogP contribution in [0.1, 0.15) is 5.56 Å². The Bertz CT molecular complexity index is 299. The van der Waals surface area contributed by atoms with E-state index in [0.717, 1.165) is 17.7 Å². The van der Waals surface area contributed by atoms with E-state index in [1.165, 1.54) is 5.56 Å². The van der Waals surface area contributed by atoms with Crippen molar-refractivity contribution in [3.63, 3.8) is 0 Å². The van der Waals surface area contributed by atoms with E-state index in [-0.39, 0.29) is 0 Å². The molecule has 0 bridgehead atoms. The van der Waals surface area contributed by atoms with Crippen molar-refractivity contribution < 1.29 is 4.79 Å². The van der Waals surface area contributed by atoms with E-state index in [4.69, 9.17) is 0 Å². The molecule has 0 radical (unpaired) electrons. The molecular formula is C11H12OS. The Morgan fingerprint density at radius 2 is 2.08 bits per heavy atom. The van der Waals surface area contributed by atoms with Gasteiger partial charge >= 0.3 is 0 Å². The Balaban J connectivity index is 2.63. The molecule has 0 aliphatic rings. The molecule has 0 aromatic heterocycles. The van der Waals surface area contributed by atoms with Gasteiger partial charge in [0.05, 0.1) is 0 Å². The van der Waals surface area contributed by atoms with Crippen molar-refractivity contribution in [2.75, 3.05) is 12.0 Å². The normalized spacial score (nSPS) is 9.31. The van der Waals surface area contributed by atoms with Crippen LogP contribution in [-0.2, 0) is 11.2 Å². The highest BCUT2D eigenvalue weighted by Gasteiger charge is 1.98. The van der Waals surface area contributed by atoms with Crippen LogP contribution in [0.5, 0.6) is 0 Å². The van der Waals surface area contributed by atoms with Gasteiger partial charge in [-0.2, -0.15) is 11.8 Å². The molecule has 0 aliphatic carbocycles. The van der Waals surface area contributed by atoms with Crippen molar-refractivity contribution in [1.82, 2.24) is 0 Å². The third-order valence-electron chi connectivity index (χ3n) is 1.72. The van der Waals surface area contributed by atoms with Crippen LogP contribution in [0, 0.1) is 0 Å². The van der Waals surface area contributed by atoms with Crippen LogP contribution in [-0.4, -0.2) is 17.9 Å². The highest BCUT2D eigenvalue weighted by molar-refractivity contribution is 7.98. The fourth-order valence-corrected chi connectivity index (χ4v) is 1.64. The summed E-state index contributed by atoms with van der Waals surface area (Å²) in [5.74, 6) is 2.77. The average molecular weight is 192 g/mol. The summed E-state index contributed by atoms with van der Waals surface area (Å²) in [5, 5.41) is 0. The number of hydrogen-bond donors (Lipinski definition) is 0. The Morgan fingerprint density at radius 3 is 2.62 bits per heavy atom. The smallest absolute Gasteiger partial charge is 0.124 e. The van der Waals surface area contributed by atoms with Crippen molar-refractivity contribution in [2.45, 2.75) is 6.42 Å². The van der Waals surface area contributed by atoms with E-state index in [1.54, 1.807) is 11.8 Å². The number of hydrogen-bond acceptors (Lipinski definition) is 2. The maximum atomic E-state index is 10.5. The lowest BCUT2D eigenvalue weighted by Gasteiger charge is -2.00. The molecule has 1 nitrogen and oxygen atoms in total. The van der Waals surface area contributed by atoms with Crippen LogP contribution in [0.3, 0.4) is 0 Å². The number of carbonyl (C=O) groups excluding carboxylic acids is 1. The van der Waals surface area contributed by atoms with Gasteiger partial charge in [-0.3, -0.25) is 0 Å². The summed E-state index contributed by atoms with van der Waals surface area (Å²) >= 11 is 1.65. The van der Waals surface area contributed by atoms with Gasteiger partial charge in [0.15, 0.2) is 0 Å². The minimum absolute atomic E-state index is 0.727. The molecule has 1 aromatic carbocycles. The van der Waals surface area contributed by atoms with Gasteiger partial charge in [-0.05, 0) is 11.8 Å². The second kappa shape index (κ2) is 5.63. The maximum absolute atomic E-state index is 10.5. The molecule has 0 aliphatic heterocycles. The minimum Gasteiger partial charge on any atom is -0.234 e. The Labute approximate surface area is 82.9 Å². The van der Waals surface area contributed by atoms with Crippen LogP contribution >= 0.6 is 11.8 Å². The van der Waals surface area contributed by atoms with Crippen molar-refractivity contribution >= 4 is 17.7 Å². The van der Waals surface area contributed by atoms with Crippen molar-refractivity contribution in [1.29, 1.82) is 0 Å². The van der Waals surface area contributed by atoms with Gasteiger partial charge in [-0.1, -0.05) is 30.3 Å². The third-order valence-corrected chi connectivity index (χ3v) is 2.36. The quantitative estimate of drug-likeness (QED) is 0.681. The van der Waals surface area contributed by atoms with Crippen LogP contribution < -0.4 is 0 Å². The molecule has 1 aromatic rings. The summed E-state index contributed by atoms with van der Waals surface area (Å²) in [7, 11) is 0. The van der Waals surface area contributed by atoms with Gasteiger partial charge in [0.25, 0.3) is 0 Å². The molecule has 0 amide bonds. The average Bonchev–Trinajstić information content (AvgIpc) is 2.19. The SMILES string of the molecule is CSCC(=C=O)Cc1ccccc1. The molecule has 0 saturated carbocycles. The fourth-order valence-electron chi connectivity index (χ4n) is 1.13. The predicted molar refractivity (Wildman–Crippen MR) is 57.7 cm³/mol. The first-order valence-corrected chi connectivity index (χ1v) is 5.52. The van der Waals surface area contributed by atoms with E-state index in [2.05, 4.69) is 0 Å². The summed E-state index contributed by atoms with van der Waals surface area (Å²) in [4.78, 5) is 10.5. The van der Waals surface area contributed by atoms with E-state index >= 15 is 0 Å². The standard InChI is InChI=1S/C11H12OS/c1-13-9-11(8-12)7-10-5-3-2-4-6-10/h2-6H,7,9H2,1H3. The highest BCUT2D eigenvalue weighted by Crippen LogP contribution is 2.09. The number of rotatable bonds is 4. The van der Waals surface area contributed by atoms with Gasteiger partial charge < -0.3 is 0 Å². The molecule has 13 heavy (non-hydrogen) atoms. The minimum atomic E-state index is 0.727. The van der Waals surface area contributed by atoms with Crippen LogP contribution in [0.15, 0.2) is 35.9 Å². The van der Waals surface area contributed by atoms with Gasteiger partial charge in [0.2, 0.25) is 0 Å². The molecule has 0 saturated heterocycles. The second-order valence-corrected chi connectivity index (χ2v) is 3.67. The van der Waals surface area contributed by atoms with Gasteiger partial charge in [-0.25, -0.2) is 4.79 Å². The third kappa shape index (κ3) is 3.49. The first-order chi connectivity index (χ1) is 6.36. The maximum Gasteiger partial charge on any atom is 0.124 e. The van der Waals surface area contributed by atoms with Crippen molar-refractivity contribution in [3.05, 3.63) is 41.5 Å². The van der Waals surface area contributed by atoms with Crippen LogP contribution in [0.25, 0.3) is 0 Å². The molecule has 2 heteroatoms. The first-order valence-electron chi connectivity index (χ1n) is 4.12. The first kappa shape index (κ1) is 10.1. The van der Waals surface area contributed by atoms with Gasteiger partial charge in [-0.15, -0.1) is 0 Å². The second-order valence-electron chi connectivity index (χ2n) is 2.80. The number of thioether (sulfide) groups is 1. The molecule has 1 rings (SSSR count). The zero-order valence-corrected chi connectivity index (χ0v) is 8.43. The summed E-state index contributed by atoms with van der Waals surface area (Å²) in [6, 6.07) is 9.99. The topological polar surface area (TPSA) is 17.1 Å². The van der Waals surface area contributed by atoms with Crippen LogP contribution in [0.2, 0.25) is 0 Å². The van der Waals surface area contributed by atoms with E-state index in [1.807, 2.05) is 42.5 Å². The summed E-state index contributed by atoms with van der Waals surface area (Å²) < 4.78 is 0. The van der Waals surface area contributed by atoms with Crippen molar-refractivity contribution in [2.24, 2.45) is 0 Å². The lowest BCUT2D eigenvalue weighted by atomic mass is 10.1. The molecular weight excluding hydrogens is 180 g/mol. The largest absolute Gasteiger partial charge is 0.234 e.